The molecule has 2 aromatic rings. The highest BCUT2D eigenvalue weighted by molar-refractivity contribution is 6.36. The molecule has 7 nitrogen and oxygen atoms in total. The Bertz CT molecular complexity index is 999. The van der Waals surface area contributed by atoms with Crippen molar-refractivity contribution in [3.63, 3.8) is 0 Å². The molecule has 0 atom stereocenters. The largest absolute Gasteiger partial charge is 0.494 e. The van der Waals surface area contributed by atoms with Crippen LogP contribution in [-0.2, 0) is 14.3 Å². The van der Waals surface area contributed by atoms with E-state index in [1.54, 1.807) is 24.3 Å². The highest BCUT2D eigenvalue weighted by Crippen LogP contribution is 2.31. The van der Waals surface area contributed by atoms with Gasteiger partial charge in [-0.3, -0.25) is 19.4 Å². The Hall–Kier alpha value is -3.23. The summed E-state index contributed by atoms with van der Waals surface area (Å²) < 4.78 is 24.2. The maximum Gasteiger partial charge on any atom is 0.278 e. The van der Waals surface area contributed by atoms with E-state index in [2.05, 4.69) is 10.2 Å². The molecule has 2 amide bonds. The lowest BCUT2D eigenvalue weighted by atomic mass is 10.0. The summed E-state index contributed by atoms with van der Waals surface area (Å²) >= 11 is 0. The molecule has 1 fully saturated rings. The summed E-state index contributed by atoms with van der Waals surface area (Å²) in [5.41, 5.74) is 1.63. The number of carbonyl (C=O) groups excluding carboxylic acids is 2. The number of amides is 2. The Labute approximate surface area is 186 Å². The second-order valence-electron chi connectivity index (χ2n) is 7.56. The van der Waals surface area contributed by atoms with Gasteiger partial charge in [0, 0.05) is 31.9 Å². The van der Waals surface area contributed by atoms with Crippen LogP contribution in [0.15, 0.2) is 54.2 Å². The summed E-state index contributed by atoms with van der Waals surface area (Å²) in [6.07, 6.45) is 0. The molecule has 0 bridgehead atoms. The second-order valence-corrected chi connectivity index (χ2v) is 7.56. The summed E-state index contributed by atoms with van der Waals surface area (Å²) in [7, 11) is 0. The number of hydrogen-bond acceptors (Lipinski definition) is 6. The van der Waals surface area contributed by atoms with Crippen molar-refractivity contribution in [1.29, 1.82) is 0 Å². The molecular weight excluding hydrogens is 413 g/mol. The standard InChI is InChI=1S/C24H26FN3O4/c1-2-32-20-9-3-17(4-10-20)21-22(26-19-7-5-18(25)6-8-19)24(30)28(23(21)29)12-11-27-13-15-31-16-14-27/h3-10,26H,2,11-16H2,1H3. The van der Waals surface area contributed by atoms with Crippen LogP contribution in [-0.4, -0.2) is 67.6 Å². The van der Waals surface area contributed by atoms with Gasteiger partial charge in [-0.25, -0.2) is 4.39 Å². The van der Waals surface area contributed by atoms with Crippen LogP contribution in [0, 0.1) is 5.82 Å². The minimum atomic E-state index is -0.392. The molecular formula is C24H26FN3O4. The fourth-order valence-corrected chi connectivity index (χ4v) is 3.79. The normalized spacial score (nSPS) is 17.2. The van der Waals surface area contributed by atoms with E-state index in [9.17, 15) is 14.0 Å². The molecule has 0 unspecified atom stereocenters. The zero-order valence-corrected chi connectivity index (χ0v) is 18.0. The lowest BCUT2D eigenvalue weighted by Crippen LogP contribution is -2.43. The molecule has 2 aromatic carbocycles. The molecule has 8 heteroatoms. The first kappa shape index (κ1) is 22.0. The summed E-state index contributed by atoms with van der Waals surface area (Å²) in [6, 6.07) is 12.8. The number of halogens is 1. The van der Waals surface area contributed by atoms with Crippen molar-refractivity contribution < 1.29 is 23.5 Å². The van der Waals surface area contributed by atoms with Crippen LogP contribution in [0.5, 0.6) is 5.75 Å². The van der Waals surface area contributed by atoms with E-state index < -0.39 is 5.91 Å². The van der Waals surface area contributed by atoms with Crippen molar-refractivity contribution in [1.82, 2.24) is 9.80 Å². The molecule has 2 aliphatic rings. The molecule has 32 heavy (non-hydrogen) atoms. The Morgan fingerprint density at radius 1 is 0.969 bits per heavy atom. The maximum atomic E-state index is 13.3. The molecule has 2 heterocycles. The summed E-state index contributed by atoms with van der Waals surface area (Å²) in [5.74, 6) is -0.434. The fourth-order valence-electron chi connectivity index (χ4n) is 3.79. The van der Waals surface area contributed by atoms with Gasteiger partial charge in [0.2, 0.25) is 0 Å². The van der Waals surface area contributed by atoms with Gasteiger partial charge in [-0.1, -0.05) is 12.1 Å². The van der Waals surface area contributed by atoms with E-state index in [-0.39, 0.29) is 24.0 Å². The predicted octanol–water partition coefficient (Wildman–Crippen LogP) is 2.75. The molecule has 168 valence electrons. The van der Waals surface area contributed by atoms with Crippen molar-refractivity contribution in [2.75, 3.05) is 51.3 Å². The smallest absolute Gasteiger partial charge is 0.278 e. The number of nitrogens with zero attached hydrogens (tertiary/aromatic N) is 2. The van der Waals surface area contributed by atoms with Gasteiger partial charge >= 0.3 is 0 Å². The molecule has 0 spiro atoms. The van der Waals surface area contributed by atoms with Crippen LogP contribution >= 0.6 is 0 Å². The average Bonchev–Trinajstić information content (AvgIpc) is 3.04. The maximum absolute atomic E-state index is 13.3. The van der Waals surface area contributed by atoms with Crippen molar-refractivity contribution in [2.45, 2.75) is 6.92 Å². The number of nitrogens with one attached hydrogen (secondary N) is 1. The van der Waals surface area contributed by atoms with Gasteiger partial charge < -0.3 is 14.8 Å². The van der Waals surface area contributed by atoms with Crippen molar-refractivity contribution in [2.24, 2.45) is 0 Å². The summed E-state index contributed by atoms with van der Waals surface area (Å²) in [5, 5.41) is 3.04. The first-order valence-electron chi connectivity index (χ1n) is 10.7. The van der Waals surface area contributed by atoms with Crippen molar-refractivity contribution >= 4 is 23.1 Å². The Morgan fingerprint density at radius 3 is 2.31 bits per heavy atom. The molecule has 0 aromatic heterocycles. The monoisotopic (exact) mass is 439 g/mol. The number of morpholine rings is 1. The Morgan fingerprint density at radius 2 is 1.66 bits per heavy atom. The number of benzene rings is 2. The van der Waals surface area contributed by atoms with Gasteiger partial charge in [0.25, 0.3) is 11.8 Å². The summed E-state index contributed by atoms with van der Waals surface area (Å²) in [6.45, 7) is 6.14. The van der Waals surface area contributed by atoms with Crippen LogP contribution in [0.1, 0.15) is 12.5 Å². The van der Waals surface area contributed by atoms with Gasteiger partial charge in [0.15, 0.2) is 0 Å². The molecule has 0 aliphatic carbocycles. The first-order chi connectivity index (χ1) is 15.6. The third kappa shape index (κ3) is 4.81. The third-order valence-electron chi connectivity index (χ3n) is 5.48. The van der Waals surface area contributed by atoms with Gasteiger partial charge in [-0.2, -0.15) is 0 Å². The quantitative estimate of drug-likeness (QED) is 0.638. The van der Waals surface area contributed by atoms with Gasteiger partial charge in [0.05, 0.1) is 25.4 Å². The van der Waals surface area contributed by atoms with Crippen LogP contribution < -0.4 is 10.1 Å². The average molecular weight is 439 g/mol. The lowest BCUT2D eigenvalue weighted by Gasteiger charge is -2.28. The van der Waals surface area contributed by atoms with Gasteiger partial charge in [-0.05, 0) is 48.9 Å². The number of carbonyl (C=O) groups is 2. The zero-order chi connectivity index (χ0) is 22.5. The molecule has 4 rings (SSSR count). The predicted molar refractivity (Wildman–Crippen MR) is 119 cm³/mol. The third-order valence-corrected chi connectivity index (χ3v) is 5.48. The van der Waals surface area contributed by atoms with E-state index in [1.165, 1.54) is 29.2 Å². The number of anilines is 1. The number of imide groups is 1. The van der Waals surface area contributed by atoms with Gasteiger partial charge in [-0.15, -0.1) is 0 Å². The first-order valence-corrected chi connectivity index (χ1v) is 10.7. The van der Waals surface area contributed by atoms with E-state index >= 15 is 0 Å². The second kappa shape index (κ2) is 9.93. The van der Waals surface area contributed by atoms with Gasteiger partial charge in [0.1, 0.15) is 17.3 Å². The van der Waals surface area contributed by atoms with Crippen LogP contribution in [0.4, 0.5) is 10.1 Å². The summed E-state index contributed by atoms with van der Waals surface area (Å²) in [4.78, 5) is 30.0. The molecule has 1 saturated heterocycles. The highest BCUT2D eigenvalue weighted by Gasteiger charge is 2.39. The van der Waals surface area contributed by atoms with E-state index in [1.807, 2.05) is 6.92 Å². The van der Waals surface area contributed by atoms with Crippen molar-refractivity contribution in [3.8, 4) is 5.75 Å². The fraction of sp³-hybridized carbons (Fsp3) is 0.333. The molecule has 0 saturated carbocycles. The lowest BCUT2D eigenvalue weighted by molar-refractivity contribution is -0.137. The number of rotatable bonds is 8. The van der Waals surface area contributed by atoms with Crippen LogP contribution in [0.2, 0.25) is 0 Å². The van der Waals surface area contributed by atoms with Crippen molar-refractivity contribution in [3.05, 3.63) is 65.6 Å². The Kier molecular flexibility index (Phi) is 6.82. The van der Waals surface area contributed by atoms with E-state index in [4.69, 9.17) is 9.47 Å². The Balaban J connectivity index is 1.61. The van der Waals surface area contributed by atoms with E-state index in [0.29, 0.717) is 48.9 Å². The molecule has 1 N–H and O–H groups in total. The minimum Gasteiger partial charge on any atom is -0.494 e. The highest BCUT2D eigenvalue weighted by atomic mass is 19.1. The molecule has 0 radical (unpaired) electrons. The van der Waals surface area contributed by atoms with E-state index in [0.717, 1.165) is 13.1 Å². The minimum absolute atomic E-state index is 0.188. The SMILES string of the molecule is CCOc1ccc(C2=C(Nc3ccc(F)cc3)C(=O)N(CCN3CCOCC3)C2=O)cc1. The zero-order valence-electron chi connectivity index (χ0n) is 18.0. The number of hydrogen-bond donors (Lipinski definition) is 1. The van der Waals surface area contributed by atoms with Crippen LogP contribution in [0.3, 0.4) is 0 Å². The number of ether oxygens (including phenoxy) is 2. The van der Waals surface area contributed by atoms with Crippen LogP contribution in [0.25, 0.3) is 5.57 Å². The topological polar surface area (TPSA) is 71.1 Å². The molecule has 2 aliphatic heterocycles.